The number of dihydropyridines is 1. The fourth-order valence-electron chi connectivity index (χ4n) is 4.54. The summed E-state index contributed by atoms with van der Waals surface area (Å²) in [6, 6.07) is 12.8. The van der Waals surface area contributed by atoms with Crippen molar-refractivity contribution in [3.8, 4) is 0 Å². The Morgan fingerprint density at radius 2 is 1.81 bits per heavy atom. The van der Waals surface area contributed by atoms with Crippen molar-refractivity contribution < 1.29 is 14.3 Å². The molecule has 0 saturated heterocycles. The normalized spacial score (nSPS) is 20.7. The van der Waals surface area contributed by atoms with E-state index in [9.17, 15) is 9.59 Å². The Bertz CT molecular complexity index is 1150. The highest BCUT2D eigenvalue weighted by Gasteiger charge is 2.42. The number of allylic oxidation sites excluding steroid dienone is 3. The lowest BCUT2D eigenvalue weighted by atomic mass is 9.71. The molecule has 0 spiro atoms. The average Bonchev–Trinajstić information content (AvgIpc) is 2.75. The summed E-state index contributed by atoms with van der Waals surface area (Å²) in [4.78, 5) is 26.5. The third-order valence-corrected chi connectivity index (χ3v) is 7.04. The second-order valence-corrected chi connectivity index (χ2v) is 9.15. The van der Waals surface area contributed by atoms with Crippen molar-refractivity contribution in [2.24, 2.45) is 0 Å². The Hall–Kier alpha value is -2.27. The Morgan fingerprint density at radius 3 is 2.50 bits per heavy atom. The quantitative estimate of drug-likeness (QED) is 0.492. The number of hydrogen-bond acceptors (Lipinski definition) is 4. The monoisotopic (exact) mass is 489 g/mol. The zero-order chi connectivity index (χ0) is 23.0. The average molecular weight is 491 g/mol. The fourth-order valence-corrected chi connectivity index (χ4v) is 5.09. The SMILES string of the molecule is CCOC(=O)C1=C(C)NC2=C(C(=O)C[C@H](c3ccc(Cl)cc3)C2)[C@@H]1c1cccc(Cl)c1Cl. The van der Waals surface area contributed by atoms with E-state index in [4.69, 9.17) is 39.5 Å². The van der Waals surface area contributed by atoms with Gasteiger partial charge in [-0.25, -0.2) is 4.79 Å². The fraction of sp³-hybridized carbons (Fsp3) is 0.280. The Balaban J connectivity index is 1.83. The molecule has 0 saturated carbocycles. The first-order valence-corrected chi connectivity index (χ1v) is 11.6. The first-order chi connectivity index (χ1) is 15.3. The van der Waals surface area contributed by atoms with Crippen LogP contribution in [-0.4, -0.2) is 18.4 Å². The molecule has 1 aliphatic heterocycles. The van der Waals surface area contributed by atoms with Gasteiger partial charge >= 0.3 is 5.97 Å². The van der Waals surface area contributed by atoms with Gasteiger partial charge in [-0.2, -0.15) is 0 Å². The van der Waals surface area contributed by atoms with E-state index in [2.05, 4.69) is 5.32 Å². The number of ketones is 1. The van der Waals surface area contributed by atoms with E-state index in [0.29, 0.717) is 50.3 Å². The van der Waals surface area contributed by atoms with Crippen LogP contribution in [0, 0.1) is 0 Å². The third kappa shape index (κ3) is 4.19. The molecule has 4 rings (SSSR count). The number of benzene rings is 2. The summed E-state index contributed by atoms with van der Waals surface area (Å²) < 4.78 is 5.33. The van der Waals surface area contributed by atoms with E-state index in [1.807, 2.05) is 31.2 Å². The van der Waals surface area contributed by atoms with Gasteiger partial charge in [0.15, 0.2) is 5.78 Å². The second-order valence-electron chi connectivity index (χ2n) is 7.93. The van der Waals surface area contributed by atoms with Crippen LogP contribution in [0.2, 0.25) is 15.1 Å². The van der Waals surface area contributed by atoms with Crippen LogP contribution >= 0.6 is 34.8 Å². The highest BCUT2D eigenvalue weighted by Crippen LogP contribution is 2.48. The summed E-state index contributed by atoms with van der Waals surface area (Å²) in [5, 5.41) is 4.67. The molecule has 4 nitrogen and oxygen atoms in total. The molecule has 0 fully saturated rings. The maximum absolute atomic E-state index is 13.5. The molecule has 0 bridgehead atoms. The number of carbonyl (C=O) groups excluding carboxylic acids is 2. The first-order valence-electron chi connectivity index (χ1n) is 10.4. The number of ether oxygens (including phenoxy) is 1. The van der Waals surface area contributed by atoms with E-state index in [0.717, 1.165) is 11.3 Å². The van der Waals surface area contributed by atoms with Crippen molar-refractivity contribution in [2.45, 2.75) is 38.5 Å². The van der Waals surface area contributed by atoms with Gasteiger partial charge in [0.2, 0.25) is 0 Å². The number of hydrogen-bond donors (Lipinski definition) is 1. The number of esters is 1. The molecule has 1 aliphatic carbocycles. The number of halogens is 3. The molecule has 0 aromatic heterocycles. The summed E-state index contributed by atoms with van der Waals surface area (Å²) in [6.07, 6.45) is 0.955. The molecule has 2 aliphatic rings. The standard InChI is InChI=1S/C25H22Cl3NO3/c1-3-32-25(31)21-13(2)29-19-11-15(14-7-9-16(26)10-8-14)12-20(30)23(19)22(21)17-5-4-6-18(27)24(17)28/h4-10,15,22,29H,3,11-12H2,1-2H3/t15-,22-/m1/s1. The summed E-state index contributed by atoms with van der Waals surface area (Å²) in [7, 11) is 0. The number of carbonyl (C=O) groups is 2. The highest BCUT2D eigenvalue weighted by atomic mass is 35.5. The predicted octanol–water partition coefficient (Wildman–Crippen LogP) is 6.57. The minimum atomic E-state index is -0.643. The summed E-state index contributed by atoms with van der Waals surface area (Å²) >= 11 is 18.9. The highest BCUT2D eigenvalue weighted by molar-refractivity contribution is 6.42. The molecular weight excluding hydrogens is 469 g/mol. The lowest BCUT2D eigenvalue weighted by Crippen LogP contribution is -2.36. The zero-order valence-electron chi connectivity index (χ0n) is 17.7. The third-order valence-electron chi connectivity index (χ3n) is 5.96. The minimum absolute atomic E-state index is 0.0124. The summed E-state index contributed by atoms with van der Waals surface area (Å²) in [5.41, 5.74) is 4.04. The van der Waals surface area contributed by atoms with Crippen molar-refractivity contribution >= 4 is 46.6 Å². The van der Waals surface area contributed by atoms with Gasteiger partial charge in [-0.05, 0) is 55.5 Å². The summed E-state index contributed by atoms with van der Waals surface area (Å²) in [5.74, 6) is -1.14. The number of nitrogens with one attached hydrogen (secondary N) is 1. The van der Waals surface area contributed by atoms with Crippen molar-refractivity contribution in [1.29, 1.82) is 0 Å². The van der Waals surface area contributed by atoms with E-state index >= 15 is 0 Å². The van der Waals surface area contributed by atoms with E-state index in [-0.39, 0.29) is 18.3 Å². The molecule has 2 aromatic carbocycles. The van der Waals surface area contributed by atoms with Gasteiger partial charge < -0.3 is 10.1 Å². The Kier molecular flexibility index (Phi) is 6.66. The lowest BCUT2D eigenvalue weighted by Gasteiger charge is -2.37. The van der Waals surface area contributed by atoms with Crippen molar-refractivity contribution in [2.75, 3.05) is 6.61 Å². The predicted molar refractivity (Wildman–Crippen MR) is 127 cm³/mol. The molecule has 166 valence electrons. The van der Waals surface area contributed by atoms with Crippen LogP contribution in [0.15, 0.2) is 65.0 Å². The van der Waals surface area contributed by atoms with Gasteiger partial charge in [0, 0.05) is 34.3 Å². The van der Waals surface area contributed by atoms with Gasteiger partial charge in [-0.3, -0.25) is 4.79 Å². The molecule has 0 amide bonds. The van der Waals surface area contributed by atoms with Gasteiger partial charge in [-0.15, -0.1) is 0 Å². The number of rotatable bonds is 4. The van der Waals surface area contributed by atoms with Gasteiger partial charge in [0.25, 0.3) is 0 Å². The molecular formula is C25H22Cl3NO3. The van der Waals surface area contributed by atoms with E-state index < -0.39 is 11.9 Å². The first kappa shape index (κ1) is 22.9. The molecule has 7 heteroatoms. The maximum Gasteiger partial charge on any atom is 0.336 e. The van der Waals surface area contributed by atoms with Gasteiger partial charge in [0.1, 0.15) is 0 Å². The zero-order valence-corrected chi connectivity index (χ0v) is 19.9. The van der Waals surface area contributed by atoms with Crippen LogP contribution in [0.25, 0.3) is 0 Å². The van der Waals surface area contributed by atoms with Crippen molar-refractivity contribution in [3.05, 3.63) is 91.2 Å². The van der Waals surface area contributed by atoms with Crippen LogP contribution in [0.4, 0.5) is 0 Å². The number of Topliss-reactive ketones (excluding diaryl/α,β-unsaturated/α-hetero) is 1. The maximum atomic E-state index is 13.5. The Morgan fingerprint density at radius 1 is 1.09 bits per heavy atom. The van der Waals surface area contributed by atoms with Crippen LogP contribution in [-0.2, 0) is 14.3 Å². The van der Waals surface area contributed by atoms with Crippen molar-refractivity contribution in [1.82, 2.24) is 5.32 Å². The minimum Gasteiger partial charge on any atom is -0.463 e. The van der Waals surface area contributed by atoms with Crippen molar-refractivity contribution in [3.63, 3.8) is 0 Å². The molecule has 0 unspecified atom stereocenters. The van der Waals surface area contributed by atoms with Crippen LogP contribution < -0.4 is 5.32 Å². The summed E-state index contributed by atoms with van der Waals surface area (Å²) in [6.45, 7) is 3.79. The smallest absolute Gasteiger partial charge is 0.336 e. The van der Waals surface area contributed by atoms with Crippen LogP contribution in [0.5, 0.6) is 0 Å². The van der Waals surface area contributed by atoms with Gasteiger partial charge in [-0.1, -0.05) is 59.1 Å². The molecule has 2 atom stereocenters. The molecule has 32 heavy (non-hydrogen) atoms. The molecule has 0 radical (unpaired) electrons. The van der Waals surface area contributed by atoms with Gasteiger partial charge in [0.05, 0.1) is 22.2 Å². The largest absolute Gasteiger partial charge is 0.463 e. The van der Waals surface area contributed by atoms with Crippen LogP contribution in [0.1, 0.15) is 49.7 Å². The lowest BCUT2D eigenvalue weighted by molar-refractivity contribution is -0.138. The molecule has 2 aromatic rings. The molecule has 1 heterocycles. The topological polar surface area (TPSA) is 55.4 Å². The Labute approximate surface area is 202 Å². The van der Waals surface area contributed by atoms with E-state index in [1.54, 1.807) is 25.1 Å². The second kappa shape index (κ2) is 9.30. The van der Waals surface area contributed by atoms with E-state index in [1.165, 1.54) is 0 Å². The molecule has 1 N–H and O–H groups in total. The van der Waals surface area contributed by atoms with Crippen LogP contribution in [0.3, 0.4) is 0 Å².